The highest BCUT2D eigenvalue weighted by atomic mass is 127. The Hall–Kier alpha value is -0.910. The largest absolute Gasteiger partial charge is 0.287 e. The first-order valence-electron chi connectivity index (χ1n) is 3.83. The molecule has 0 fully saturated rings. The molecule has 1 aromatic heterocycles. The van der Waals surface area contributed by atoms with Crippen molar-refractivity contribution in [3.63, 3.8) is 0 Å². The summed E-state index contributed by atoms with van der Waals surface area (Å²) in [6, 6.07) is 5.67. The minimum atomic E-state index is 0.00673. The summed E-state index contributed by atoms with van der Waals surface area (Å²) in [6.45, 7) is 1.71. The first-order valence-corrected chi connectivity index (χ1v) is 4.91. The van der Waals surface area contributed by atoms with Crippen LogP contribution in [0.15, 0.2) is 23.0 Å². The van der Waals surface area contributed by atoms with Gasteiger partial charge in [-0.1, -0.05) is 0 Å². The van der Waals surface area contributed by atoms with E-state index in [4.69, 9.17) is 0 Å². The van der Waals surface area contributed by atoms with E-state index in [1.165, 1.54) is 0 Å². The lowest BCUT2D eigenvalue weighted by molar-refractivity contribution is 1.00. The number of hydrogen-bond acceptors (Lipinski definition) is 2. The average Bonchev–Trinajstić information content (AvgIpc) is 2.12. The lowest BCUT2D eigenvalue weighted by atomic mass is 10.2. The molecule has 0 spiro atoms. The Bertz CT molecular complexity index is 513. The molecule has 2 aromatic rings. The Morgan fingerprint density at radius 2 is 2.23 bits per heavy atom. The highest BCUT2D eigenvalue weighted by Gasteiger charge is 2.02. The van der Waals surface area contributed by atoms with Crippen LogP contribution in [0.1, 0.15) is 5.69 Å². The van der Waals surface area contributed by atoms with E-state index in [0.717, 1.165) is 9.09 Å². The molecule has 1 aromatic carbocycles. The molecule has 13 heavy (non-hydrogen) atoms. The van der Waals surface area contributed by atoms with Gasteiger partial charge in [0.2, 0.25) is 5.43 Å². The number of aryl methyl sites for hydroxylation is 1. The second-order valence-electron chi connectivity index (χ2n) is 2.83. The zero-order valence-corrected chi connectivity index (χ0v) is 9.12. The Morgan fingerprint density at radius 1 is 1.46 bits per heavy atom. The van der Waals surface area contributed by atoms with E-state index in [1.807, 2.05) is 18.2 Å². The summed E-state index contributed by atoms with van der Waals surface area (Å²) in [4.78, 5) is 11.6. The first-order chi connectivity index (χ1) is 6.18. The van der Waals surface area contributed by atoms with Gasteiger partial charge in [-0.05, 0) is 47.7 Å². The molecule has 0 aliphatic heterocycles. The first kappa shape index (κ1) is 8.68. The molecule has 1 heterocycles. The molecule has 0 atom stereocenters. The number of fused-ring (bicyclic) bond motifs is 1. The van der Waals surface area contributed by atoms with Crippen LogP contribution in [0.3, 0.4) is 0 Å². The topological polar surface area (TPSA) is 45.8 Å². The van der Waals surface area contributed by atoms with Gasteiger partial charge in [-0.25, -0.2) is 0 Å². The summed E-state index contributed by atoms with van der Waals surface area (Å²) in [5.41, 5.74) is 1.30. The Morgan fingerprint density at radius 3 is 3.00 bits per heavy atom. The van der Waals surface area contributed by atoms with Gasteiger partial charge in [-0.15, -0.1) is 0 Å². The number of hydrogen-bond donors (Lipinski definition) is 1. The second kappa shape index (κ2) is 3.10. The summed E-state index contributed by atoms with van der Waals surface area (Å²) < 4.78 is 1.06. The van der Waals surface area contributed by atoms with Gasteiger partial charge >= 0.3 is 0 Å². The van der Waals surface area contributed by atoms with Gasteiger partial charge < -0.3 is 0 Å². The number of nitrogens with one attached hydrogen (secondary N) is 1. The summed E-state index contributed by atoms with van der Waals surface area (Å²) >= 11 is 2.18. The fourth-order valence-corrected chi connectivity index (χ4v) is 1.68. The maximum Gasteiger partial charge on any atom is 0.210 e. The van der Waals surface area contributed by atoms with Crippen LogP contribution >= 0.6 is 22.6 Å². The molecule has 66 valence electrons. The Balaban J connectivity index is 2.97. The number of H-pyrrole nitrogens is 1. The predicted octanol–water partition coefficient (Wildman–Crippen LogP) is 1.84. The number of benzene rings is 1. The summed E-state index contributed by atoms with van der Waals surface area (Å²) in [5.74, 6) is 0. The normalized spacial score (nSPS) is 10.6. The van der Waals surface area contributed by atoms with E-state index in [0.29, 0.717) is 11.1 Å². The van der Waals surface area contributed by atoms with Crippen molar-refractivity contribution < 1.29 is 0 Å². The van der Waals surface area contributed by atoms with Crippen molar-refractivity contribution in [3.05, 3.63) is 37.7 Å². The number of rotatable bonds is 0. The highest BCUT2D eigenvalue weighted by Crippen LogP contribution is 2.11. The van der Waals surface area contributed by atoms with Crippen molar-refractivity contribution in [2.75, 3.05) is 0 Å². The highest BCUT2D eigenvalue weighted by molar-refractivity contribution is 14.1. The van der Waals surface area contributed by atoms with Gasteiger partial charge in [0.25, 0.3) is 0 Å². The molecule has 0 unspecified atom stereocenters. The van der Waals surface area contributed by atoms with Crippen molar-refractivity contribution in [1.29, 1.82) is 0 Å². The average molecular weight is 286 g/mol. The van der Waals surface area contributed by atoms with Crippen LogP contribution in [0.5, 0.6) is 0 Å². The molecular formula is C9H7IN2O. The molecule has 2 rings (SSSR count). The zero-order valence-electron chi connectivity index (χ0n) is 6.97. The number of aromatic amines is 1. The summed E-state index contributed by atoms with van der Waals surface area (Å²) in [5, 5.41) is 7.44. The third-order valence-electron chi connectivity index (χ3n) is 1.90. The van der Waals surface area contributed by atoms with Gasteiger partial charge in [0, 0.05) is 8.96 Å². The minimum absolute atomic E-state index is 0.00673. The molecule has 0 aliphatic carbocycles. The third-order valence-corrected chi connectivity index (χ3v) is 2.57. The fourth-order valence-electron chi connectivity index (χ4n) is 1.19. The SMILES string of the molecule is Cc1n[nH]c2ccc(I)cc2c1=O. The van der Waals surface area contributed by atoms with Gasteiger partial charge in [0.15, 0.2) is 0 Å². The lowest BCUT2D eigenvalue weighted by Gasteiger charge is -1.98. The molecule has 3 nitrogen and oxygen atoms in total. The second-order valence-corrected chi connectivity index (χ2v) is 4.07. The minimum Gasteiger partial charge on any atom is -0.287 e. The number of nitrogens with zero attached hydrogens (tertiary/aromatic N) is 1. The zero-order chi connectivity index (χ0) is 9.42. The van der Waals surface area contributed by atoms with Gasteiger partial charge in [0.05, 0.1) is 5.52 Å². The van der Waals surface area contributed by atoms with Gasteiger partial charge in [0.1, 0.15) is 5.69 Å². The van der Waals surface area contributed by atoms with E-state index >= 15 is 0 Å². The van der Waals surface area contributed by atoms with E-state index in [2.05, 4.69) is 32.8 Å². The van der Waals surface area contributed by atoms with E-state index in [-0.39, 0.29) is 5.43 Å². The fraction of sp³-hybridized carbons (Fsp3) is 0.111. The predicted molar refractivity (Wildman–Crippen MR) is 59.8 cm³/mol. The molecule has 0 radical (unpaired) electrons. The van der Waals surface area contributed by atoms with E-state index in [9.17, 15) is 4.79 Å². The third kappa shape index (κ3) is 1.46. The van der Waals surface area contributed by atoms with E-state index in [1.54, 1.807) is 6.92 Å². The maximum atomic E-state index is 11.6. The van der Waals surface area contributed by atoms with Crippen LogP contribution in [0.2, 0.25) is 0 Å². The van der Waals surface area contributed by atoms with Crippen molar-refractivity contribution in [2.24, 2.45) is 0 Å². The molecule has 0 bridgehead atoms. The van der Waals surface area contributed by atoms with Gasteiger partial charge in [-0.3, -0.25) is 9.89 Å². The van der Waals surface area contributed by atoms with Crippen molar-refractivity contribution in [1.82, 2.24) is 10.2 Å². The molecule has 0 amide bonds. The Labute approximate surface area is 88.3 Å². The maximum absolute atomic E-state index is 11.6. The van der Waals surface area contributed by atoms with Crippen LogP contribution in [0.25, 0.3) is 10.9 Å². The summed E-state index contributed by atoms with van der Waals surface area (Å²) in [7, 11) is 0. The molecule has 4 heteroatoms. The molecule has 0 aliphatic rings. The quantitative estimate of drug-likeness (QED) is 0.751. The van der Waals surface area contributed by atoms with Gasteiger partial charge in [-0.2, -0.15) is 5.10 Å². The van der Waals surface area contributed by atoms with Crippen LogP contribution in [-0.2, 0) is 0 Å². The number of halogens is 1. The van der Waals surface area contributed by atoms with Crippen molar-refractivity contribution in [3.8, 4) is 0 Å². The van der Waals surface area contributed by atoms with Crippen LogP contribution in [0.4, 0.5) is 0 Å². The monoisotopic (exact) mass is 286 g/mol. The van der Waals surface area contributed by atoms with Crippen LogP contribution in [0, 0.1) is 10.5 Å². The molecular weight excluding hydrogens is 279 g/mol. The van der Waals surface area contributed by atoms with Crippen molar-refractivity contribution >= 4 is 33.5 Å². The standard InChI is InChI=1S/C9H7IN2O/c1-5-9(13)7-4-6(10)2-3-8(7)12-11-5/h2-4H,1H3,(H,12,13). The summed E-state index contributed by atoms with van der Waals surface area (Å²) in [6.07, 6.45) is 0. The van der Waals surface area contributed by atoms with Crippen LogP contribution in [-0.4, -0.2) is 10.2 Å². The Kier molecular flexibility index (Phi) is 2.07. The van der Waals surface area contributed by atoms with E-state index < -0.39 is 0 Å². The number of aromatic nitrogens is 2. The smallest absolute Gasteiger partial charge is 0.210 e. The lowest BCUT2D eigenvalue weighted by Crippen LogP contribution is -2.09. The molecule has 0 saturated carbocycles. The van der Waals surface area contributed by atoms with Crippen molar-refractivity contribution in [2.45, 2.75) is 6.92 Å². The molecule has 0 saturated heterocycles. The molecule has 1 N–H and O–H groups in total. The van der Waals surface area contributed by atoms with Crippen LogP contribution < -0.4 is 5.43 Å².